The molecule has 0 aliphatic carbocycles. The Balaban J connectivity index is 2.56. The number of halogens is 2. The summed E-state index contributed by atoms with van der Waals surface area (Å²) < 4.78 is 28.1. The third kappa shape index (κ3) is 1.89. The highest BCUT2D eigenvalue weighted by Crippen LogP contribution is 2.43. The summed E-state index contributed by atoms with van der Waals surface area (Å²) in [6, 6.07) is 1.22. The quantitative estimate of drug-likeness (QED) is 0.817. The summed E-state index contributed by atoms with van der Waals surface area (Å²) in [7, 11) is 1.07. The van der Waals surface area contributed by atoms with Gasteiger partial charge in [0.2, 0.25) is 6.79 Å². The van der Waals surface area contributed by atoms with E-state index in [2.05, 4.69) is 4.74 Å². The van der Waals surface area contributed by atoms with Crippen LogP contribution in [0.1, 0.15) is 11.7 Å². The number of methoxy groups -OCH3 is 1. The number of rotatable bonds is 2. The van der Waals surface area contributed by atoms with E-state index in [9.17, 15) is 14.3 Å². The van der Waals surface area contributed by atoms with Crippen LogP contribution in [0.5, 0.6) is 11.5 Å². The SMILES string of the molecule is COC(=O)C(O)c1c(F)c(Cl)cc2c1OCO2. The first-order valence-electron chi connectivity index (χ1n) is 4.59. The first-order valence-corrected chi connectivity index (χ1v) is 4.97. The summed E-state index contributed by atoms with van der Waals surface area (Å²) in [5.41, 5.74) is -0.378. The number of esters is 1. The number of benzene rings is 1. The van der Waals surface area contributed by atoms with Crippen LogP contribution in [0.15, 0.2) is 6.07 Å². The number of carbonyl (C=O) groups excluding carboxylic acids is 1. The van der Waals surface area contributed by atoms with Gasteiger partial charge < -0.3 is 19.3 Å². The van der Waals surface area contributed by atoms with Gasteiger partial charge in [-0.2, -0.15) is 0 Å². The first kappa shape index (κ1) is 11.9. The normalized spacial score (nSPS) is 14.6. The molecule has 92 valence electrons. The van der Waals surface area contributed by atoms with Gasteiger partial charge in [-0.3, -0.25) is 0 Å². The Hall–Kier alpha value is -1.53. The number of hydrogen-bond acceptors (Lipinski definition) is 5. The molecule has 0 radical (unpaired) electrons. The van der Waals surface area contributed by atoms with Crippen molar-refractivity contribution in [2.45, 2.75) is 6.10 Å². The van der Waals surface area contributed by atoms with Gasteiger partial charge in [0.15, 0.2) is 23.4 Å². The molecule has 0 amide bonds. The number of hydrogen-bond donors (Lipinski definition) is 1. The fraction of sp³-hybridized carbons (Fsp3) is 0.300. The molecule has 0 aromatic heterocycles. The molecule has 1 unspecified atom stereocenters. The summed E-state index contributed by atoms with van der Waals surface area (Å²) in [5.74, 6) is -1.81. The Morgan fingerprint density at radius 2 is 2.35 bits per heavy atom. The maximum absolute atomic E-state index is 13.8. The van der Waals surface area contributed by atoms with E-state index in [4.69, 9.17) is 21.1 Å². The molecule has 1 heterocycles. The van der Waals surface area contributed by atoms with Gasteiger partial charge >= 0.3 is 5.97 Å². The van der Waals surface area contributed by atoms with Crippen molar-refractivity contribution in [1.29, 1.82) is 0 Å². The van der Waals surface area contributed by atoms with E-state index in [1.165, 1.54) is 6.07 Å². The largest absolute Gasteiger partial charge is 0.467 e. The van der Waals surface area contributed by atoms with Crippen LogP contribution in [-0.2, 0) is 9.53 Å². The number of carbonyl (C=O) groups is 1. The third-order valence-corrected chi connectivity index (χ3v) is 2.56. The lowest BCUT2D eigenvalue weighted by Gasteiger charge is -2.13. The number of aliphatic hydroxyl groups is 1. The minimum atomic E-state index is -1.81. The summed E-state index contributed by atoms with van der Waals surface area (Å²) in [6.45, 7) is -0.129. The lowest BCUT2D eigenvalue weighted by atomic mass is 10.1. The standard InChI is InChI=1S/C10H8ClFO5/c1-15-10(14)8(13)6-7(12)4(11)2-5-9(6)17-3-16-5/h2,8,13H,3H2,1H3. The molecule has 0 fully saturated rings. The molecule has 1 N–H and O–H groups in total. The minimum Gasteiger partial charge on any atom is -0.467 e. The summed E-state index contributed by atoms with van der Waals surface area (Å²) in [6.07, 6.45) is -1.81. The van der Waals surface area contributed by atoms with Gasteiger partial charge in [0.25, 0.3) is 0 Å². The summed E-state index contributed by atoms with van der Waals surface area (Å²) >= 11 is 5.62. The smallest absolute Gasteiger partial charge is 0.339 e. The molecule has 1 aromatic carbocycles. The minimum absolute atomic E-state index is 0.0372. The fourth-order valence-electron chi connectivity index (χ4n) is 1.49. The number of ether oxygens (including phenoxy) is 3. The van der Waals surface area contributed by atoms with Crippen molar-refractivity contribution in [2.24, 2.45) is 0 Å². The zero-order chi connectivity index (χ0) is 12.6. The fourth-order valence-corrected chi connectivity index (χ4v) is 1.69. The van der Waals surface area contributed by atoms with E-state index in [1.54, 1.807) is 0 Å². The van der Waals surface area contributed by atoms with Crippen molar-refractivity contribution in [3.8, 4) is 11.5 Å². The molecule has 1 aliphatic rings. The molecule has 1 aromatic rings. The molecule has 0 spiro atoms. The van der Waals surface area contributed by atoms with E-state index in [0.29, 0.717) is 0 Å². The third-order valence-electron chi connectivity index (χ3n) is 2.29. The Labute approximate surface area is 101 Å². The lowest BCUT2D eigenvalue weighted by molar-refractivity contribution is -0.151. The van der Waals surface area contributed by atoms with Crippen LogP contribution in [0.25, 0.3) is 0 Å². The maximum Gasteiger partial charge on any atom is 0.339 e. The molecule has 1 aliphatic heterocycles. The van der Waals surface area contributed by atoms with Crippen LogP contribution in [0.4, 0.5) is 4.39 Å². The van der Waals surface area contributed by atoms with Crippen molar-refractivity contribution >= 4 is 17.6 Å². The summed E-state index contributed by atoms with van der Waals surface area (Å²) in [5, 5.41) is 9.38. The van der Waals surface area contributed by atoms with Crippen LogP contribution >= 0.6 is 11.6 Å². The van der Waals surface area contributed by atoms with Crippen LogP contribution in [0.2, 0.25) is 5.02 Å². The molecule has 0 saturated heterocycles. The Morgan fingerprint density at radius 3 is 3.00 bits per heavy atom. The molecule has 7 heteroatoms. The molecule has 5 nitrogen and oxygen atoms in total. The van der Waals surface area contributed by atoms with Crippen LogP contribution in [-0.4, -0.2) is 25.0 Å². The second-order valence-corrected chi connectivity index (χ2v) is 3.65. The van der Waals surface area contributed by atoms with E-state index in [-0.39, 0.29) is 28.9 Å². The van der Waals surface area contributed by atoms with Gasteiger partial charge in [0.05, 0.1) is 17.7 Å². The molecule has 17 heavy (non-hydrogen) atoms. The van der Waals surface area contributed by atoms with Gasteiger partial charge in [-0.15, -0.1) is 0 Å². The van der Waals surface area contributed by atoms with Crippen molar-refractivity contribution < 1.29 is 28.5 Å². The van der Waals surface area contributed by atoms with Crippen molar-refractivity contribution in [3.63, 3.8) is 0 Å². The van der Waals surface area contributed by atoms with E-state index < -0.39 is 17.9 Å². The van der Waals surface area contributed by atoms with Crippen LogP contribution in [0, 0.1) is 5.82 Å². The Morgan fingerprint density at radius 1 is 1.65 bits per heavy atom. The van der Waals surface area contributed by atoms with Gasteiger partial charge in [0, 0.05) is 6.07 Å². The number of aliphatic hydroxyl groups excluding tert-OH is 1. The predicted molar refractivity (Wildman–Crippen MR) is 54.5 cm³/mol. The highest BCUT2D eigenvalue weighted by molar-refractivity contribution is 6.31. The molecular formula is C10H8ClFO5. The van der Waals surface area contributed by atoms with Gasteiger partial charge in [-0.25, -0.2) is 9.18 Å². The van der Waals surface area contributed by atoms with Crippen molar-refractivity contribution in [3.05, 3.63) is 22.5 Å². The lowest BCUT2D eigenvalue weighted by Crippen LogP contribution is -2.15. The van der Waals surface area contributed by atoms with Gasteiger partial charge in [-0.05, 0) is 0 Å². The second kappa shape index (κ2) is 4.38. The van der Waals surface area contributed by atoms with E-state index in [1.807, 2.05) is 0 Å². The number of fused-ring (bicyclic) bond motifs is 1. The molecular weight excluding hydrogens is 255 g/mol. The molecule has 1 atom stereocenters. The average Bonchev–Trinajstić information content (AvgIpc) is 2.76. The highest BCUT2D eigenvalue weighted by atomic mass is 35.5. The Kier molecular flexibility index (Phi) is 3.08. The second-order valence-electron chi connectivity index (χ2n) is 3.25. The molecule has 0 saturated carbocycles. The molecule has 2 rings (SSSR count). The average molecular weight is 263 g/mol. The molecule has 0 bridgehead atoms. The van der Waals surface area contributed by atoms with Gasteiger partial charge in [-0.1, -0.05) is 11.6 Å². The zero-order valence-corrected chi connectivity index (χ0v) is 9.45. The summed E-state index contributed by atoms with van der Waals surface area (Å²) in [4.78, 5) is 11.2. The van der Waals surface area contributed by atoms with E-state index in [0.717, 1.165) is 7.11 Å². The van der Waals surface area contributed by atoms with E-state index >= 15 is 0 Å². The monoisotopic (exact) mass is 262 g/mol. The van der Waals surface area contributed by atoms with Gasteiger partial charge in [0.1, 0.15) is 0 Å². The highest BCUT2D eigenvalue weighted by Gasteiger charge is 2.32. The van der Waals surface area contributed by atoms with Crippen LogP contribution in [0.3, 0.4) is 0 Å². The zero-order valence-electron chi connectivity index (χ0n) is 8.70. The first-order chi connectivity index (χ1) is 8.06. The maximum atomic E-state index is 13.8. The van der Waals surface area contributed by atoms with Crippen molar-refractivity contribution in [2.75, 3.05) is 13.9 Å². The Bertz CT molecular complexity index is 476. The van der Waals surface area contributed by atoms with Crippen LogP contribution < -0.4 is 9.47 Å². The topological polar surface area (TPSA) is 65.0 Å². The predicted octanol–water partition coefficient (Wildman–Crippen LogP) is 1.41. The van der Waals surface area contributed by atoms with Crippen molar-refractivity contribution in [1.82, 2.24) is 0 Å².